The molecule has 0 saturated heterocycles. The zero-order valence-corrected chi connectivity index (χ0v) is 13.5. The highest BCUT2D eigenvalue weighted by Crippen LogP contribution is 2.15. The van der Waals surface area contributed by atoms with Gasteiger partial charge in [0.05, 0.1) is 17.9 Å². The van der Waals surface area contributed by atoms with Gasteiger partial charge in [-0.25, -0.2) is 9.07 Å². The van der Waals surface area contributed by atoms with Crippen molar-refractivity contribution in [3.8, 4) is 5.69 Å². The van der Waals surface area contributed by atoms with Gasteiger partial charge in [0.25, 0.3) is 5.91 Å². The largest absolute Gasteiger partial charge is 0.344 e. The molecule has 1 heterocycles. The summed E-state index contributed by atoms with van der Waals surface area (Å²) in [4.78, 5) is 12.3. The van der Waals surface area contributed by atoms with Gasteiger partial charge < -0.3 is 5.32 Å². The first-order valence-electron chi connectivity index (χ1n) is 7.27. The minimum atomic E-state index is -0.361. The van der Waals surface area contributed by atoms with Crippen LogP contribution in [0.4, 0.5) is 4.39 Å². The van der Waals surface area contributed by atoms with Gasteiger partial charge in [-0.15, -0.1) is 5.10 Å². The van der Waals surface area contributed by atoms with E-state index in [0.29, 0.717) is 10.7 Å². The lowest BCUT2D eigenvalue weighted by molar-refractivity contribution is 0.0935. The molecule has 0 aliphatic heterocycles. The van der Waals surface area contributed by atoms with Crippen LogP contribution >= 0.6 is 11.6 Å². The van der Waals surface area contributed by atoms with Gasteiger partial charge in [-0.05, 0) is 42.8 Å². The molecule has 1 atom stereocenters. The fourth-order valence-electron chi connectivity index (χ4n) is 2.22. The molecule has 0 radical (unpaired) electrons. The summed E-state index contributed by atoms with van der Waals surface area (Å²) in [6, 6.07) is 12.7. The number of nitrogens with one attached hydrogen (secondary N) is 1. The van der Waals surface area contributed by atoms with Crippen molar-refractivity contribution in [1.82, 2.24) is 20.3 Å². The highest BCUT2D eigenvalue weighted by molar-refractivity contribution is 6.30. The maximum absolute atomic E-state index is 13.0. The fourth-order valence-corrected chi connectivity index (χ4v) is 2.40. The summed E-state index contributed by atoms with van der Waals surface area (Å²) in [6.07, 6.45) is 1.53. The first-order valence-corrected chi connectivity index (χ1v) is 7.65. The van der Waals surface area contributed by atoms with Gasteiger partial charge in [-0.3, -0.25) is 4.79 Å². The molecule has 0 aliphatic carbocycles. The zero-order valence-electron chi connectivity index (χ0n) is 12.8. The molecular weight excluding hydrogens is 331 g/mol. The summed E-state index contributed by atoms with van der Waals surface area (Å²) < 4.78 is 14.4. The molecule has 2 aromatic carbocycles. The number of amides is 1. The van der Waals surface area contributed by atoms with Gasteiger partial charge in [-0.2, -0.15) is 0 Å². The normalized spacial score (nSPS) is 12.0. The molecule has 3 rings (SSSR count). The third kappa shape index (κ3) is 3.60. The van der Waals surface area contributed by atoms with E-state index in [1.807, 2.05) is 13.0 Å². The first-order chi connectivity index (χ1) is 11.5. The lowest BCUT2D eigenvalue weighted by Crippen LogP contribution is -2.27. The van der Waals surface area contributed by atoms with Gasteiger partial charge in [0, 0.05) is 5.02 Å². The second-order valence-corrected chi connectivity index (χ2v) is 5.71. The topological polar surface area (TPSA) is 59.8 Å². The van der Waals surface area contributed by atoms with Crippen molar-refractivity contribution in [2.24, 2.45) is 0 Å². The highest BCUT2D eigenvalue weighted by atomic mass is 35.5. The molecule has 0 spiro atoms. The predicted octanol–water partition coefficient (Wildman–Crippen LogP) is 3.55. The number of halogens is 2. The van der Waals surface area contributed by atoms with E-state index in [4.69, 9.17) is 11.6 Å². The molecule has 7 heteroatoms. The lowest BCUT2D eigenvalue weighted by Gasteiger charge is -2.13. The molecule has 1 N–H and O–H groups in total. The van der Waals surface area contributed by atoms with Gasteiger partial charge in [-0.1, -0.05) is 35.0 Å². The van der Waals surface area contributed by atoms with E-state index >= 15 is 0 Å². The maximum atomic E-state index is 13.0. The molecule has 122 valence electrons. The molecule has 0 unspecified atom stereocenters. The molecule has 1 aromatic heterocycles. The Morgan fingerprint density at radius 1 is 1.25 bits per heavy atom. The summed E-state index contributed by atoms with van der Waals surface area (Å²) in [5.74, 6) is -0.679. The standard InChI is InChI=1S/C17H14ClFN4O/c1-11(12-5-7-14(19)8-6-12)20-17(24)16-10-23(22-21-16)15-4-2-3-13(18)9-15/h2-11H,1H3,(H,20,24)/t11-/m1/s1. The van der Waals surface area contributed by atoms with Crippen molar-refractivity contribution in [3.05, 3.63) is 76.8 Å². The number of benzene rings is 2. The smallest absolute Gasteiger partial charge is 0.273 e. The third-order valence-corrected chi connectivity index (χ3v) is 3.75. The Labute approximate surface area is 143 Å². The molecule has 3 aromatic rings. The van der Waals surface area contributed by atoms with Crippen molar-refractivity contribution in [2.75, 3.05) is 0 Å². The van der Waals surface area contributed by atoms with Crippen LogP contribution in [0.15, 0.2) is 54.7 Å². The summed E-state index contributed by atoms with van der Waals surface area (Å²) in [5.41, 5.74) is 1.69. The van der Waals surface area contributed by atoms with Gasteiger partial charge in [0.2, 0.25) is 0 Å². The van der Waals surface area contributed by atoms with E-state index in [2.05, 4.69) is 15.6 Å². The van der Waals surface area contributed by atoms with Crippen LogP contribution < -0.4 is 5.32 Å². The minimum Gasteiger partial charge on any atom is -0.344 e. The lowest BCUT2D eigenvalue weighted by atomic mass is 10.1. The van der Waals surface area contributed by atoms with E-state index < -0.39 is 0 Å². The number of hydrogen-bond donors (Lipinski definition) is 1. The van der Waals surface area contributed by atoms with Crippen LogP contribution in [0.2, 0.25) is 5.02 Å². The van der Waals surface area contributed by atoms with Crippen LogP contribution in [0.3, 0.4) is 0 Å². The van der Waals surface area contributed by atoms with Crippen LogP contribution in [-0.4, -0.2) is 20.9 Å². The van der Waals surface area contributed by atoms with Crippen LogP contribution in [0.1, 0.15) is 29.0 Å². The quantitative estimate of drug-likeness (QED) is 0.787. The highest BCUT2D eigenvalue weighted by Gasteiger charge is 2.15. The van der Waals surface area contributed by atoms with Crippen LogP contribution in [0, 0.1) is 5.82 Å². The van der Waals surface area contributed by atoms with E-state index in [0.717, 1.165) is 5.56 Å². The Kier molecular flexibility index (Phi) is 4.57. The molecule has 24 heavy (non-hydrogen) atoms. The number of carbonyl (C=O) groups is 1. The fraction of sp³-hybridized carbons (Fsp3) is 0.118. The van der Waals surface area contributed by atoms with E-state index in [1.54, 1.807) is 30.3 Å². The predicted molar refractivity (Wildman–Crippen MR) is 88.7 cm³/mol. The third-order valence-electron chi connectivity index (χ3n) is 3.52. The maximum Gasteiger partial charge on any atom is 0.273 e. The Balaban J connectivity index is 1.73. The second kappa shape index (κ2) is 6.80. The second-order valence-electron chi connectivity index (χ2n) is 5.27. The number of aromatic nitrogens is 3. The number of nitrogens with zero attached hydrogens (tertiary/aromatic N) is 3. The molecule has 0 aliphatic rings. The van der Waals surface area contributed by atoms with Crippen LogP contribution in [0.25, 0.3) is 5.69 Å². The summed E-state index contributed by atoms with van der Waals surface area (Å²) in [7, 11) is 0. The van der Waals surface area contributed by atoms with Crippen molar-refractivity contribution < 1.29 is 9.18 Å². The molecular formula is C17H14ClFN4O. The minimum absolute atomic E-state index is 0.184. The van der Waals surface area contributed by atoms with E-state index in [-0.39, 0.29) is 23.5 Å². The molecule has 1 amide bonds. The van der Waals surface area contributed by atoms with Crippen LogP contribution in [-0.2, 0) is 0 Å². The summed E-state index contributed by atoms with van der Waals surface area (Å²) in [5, 5.41) is 11.2. The van der Waals surface area contributed by atoms with Crippen molar-refractivity contribution >= 4 is 17.5 Å². The number of rotatable bonds is 4. The van der Waals surface area contributed by atoms with Crippen molar-refractivity contribution in [3.63, 3.8) is 0 Å². The van der Waals surface area contributed by atoms with Gasteiger partial charge in [0.1, 0.15) is 5.82 Å². The average Bonchev–Trinajstić information content (AvgIpc) is 3.05. The Morgan fingerprint density at radius 2 is 2.00 bits per heavy atom. The SMILES string of the molecule is C[C@@H](NC(=O)c1cn(-c2cccc(Cl)c2)nn1)c1ccc(F)cc1. The van der Waals surface area contributed by atoms with E-state index in [1.165, 1.54) is 23.0 Å². The molecule has 0 saturated carbocycles. The molecule has 0 fully saturated rings. The number of carbonyl (C=O) groups excluding carboxylic acids is 1. The molecule has 0 bridgehead atoms. The summed E-state index contributed by atoms with van der Waals surface area (Å²) >= 11 is 5.94. The molecule has 5 nitrogen and oxygen atoms in total. The van der Waals surface area contributed by atoms with Crippen molar-refractivity contribution in [2.45, 2.75) is 13.0 Å². The Hall–Kier alpha value is -2.73. The van der Waals surface area contributed by atoms with Gasteiger partial charge >= 0.3 is 0 Å². The first kappa shape index (κ1) is 16.1. The monoisotopic (exact) mass is 344 g/mol. The Bertz CT molecular complexity index is 863. The van der Waals surface area contributed by atoms with Crippen molar-refractivity contribution in [1.29, 1.82) is 0 Å². The number of hydrogen-bond acceptors (Lipinski definition) is 3. The van der Waals surface area contributed by atoms with Crippen LogP contribution in [0.5, 0.6) is 0 Å². The average molecular weight is 345 g/mol. The summed E-state index contributed by atoms with van der Waals surface area (Å²) in [6.45, 7) is 1.81. The zero-order chi connectivity index (χ0) is 17.1. The van der Waals surface area contributed by atoms with Gasteiger partial charge in [0.15, 0.2) is 5.69 Å². The Morgan fingerprint density at radius 3 is 2.71 bits per heavy atom. The van der Waals surface area contributed by atoms with E-state index in [9.17, 15) is 9.18 Å².